The molecule has 0 atom stereocenters. The van der Waals surface area contributed by atoms with Crippen molar-refractivity contribution in [2.45, 2.75) is 20.4 Å². The van der Waals surface area contributed by atoms with E-state index in [0.29, 0.717) is 17.1 Å². The van der Waals surface area contributed by atoms with Crippen molar-refractivity contribution in [1.82, 2.24) is 20.1 Å². The van der Waals surface area contributed by atoms with Gasteiger partial charge in [-0.2, -0.15) is 5.10 Å². The van der Waals surface area contributed by atoms with E-state index in [1.165, 1.54) is 22.2 Å². The van der Waals surface area contributed by atoms with Gasteiger partial charge in [0, 0.05) is 30.9 Å². The van der Waals surface area contributed by atoms with Crippen molar-refractivity contribution in [1.29, 1.82) is 0 Å². The van der Waals surface area contributed by atoms with Crippen LogP contribution in [0.5, 0.6) is 0 Å². The summed E-state index contributed by atoms with van der Waals surface area (Å²) in [6, 6.07) is 3.69. The van der Waals surface area contributed by atoms with Gasteiger partial charge in [0.15, 0.2) is 0 Å². The Morgan fingerprint density at radius 2 is 2.04 bits per heavy atom. The number of nitrogens with one attached hydrogen (secondary N) is 2. The summed E-state index contributed by atoms with van der Waals surface area (Å²) in [5.74, 6) is -0.672. The average Bonchev–Trinajstić information content (AvgIpc) is 3.12. The number of aryl methyl sites for hydroxylation is 2. The van der Waals surface area contributed by atoms with Crippen molar-refractivity contribution in [2.24, 2.45) is 7.05 Å². The van der Waals surface area contributed by atoms with Crippen LogP contribution in [0.1, 0.15) is 36.9 Å². The lowest BCUT2D eigenvalue weighted by Gasteiger charge is -2.09. The number of rotatable bonds is 5. The summed E-state index contributed by atoms with van der Waals surface area (Å²) in [5, 5.41) is 10.4. The van der Waals surface area contributed by atoms with Gasteiger partial charge >= 0.3 is 0 Å². The molecule has 0 saturated heterocycles. The van der Waals surface area contributed by atoms with E-state index < -0.39 is 5.91 Å². The Bertz CT molecular complexity index is 977. The molecule has 3 aromatic rings. The van der Waals surface area contributed by atoms with Gasteiger partial charge in [0.2, 0.25) is 0 Å². The normalized spacial score (nSPS) is 10.7. The molecule has 9 heteroatoms. The first-order valence-electron chi connectivity index (χ1n) is 8.14. The summed E-state index contributed by atoms with van der Waals surface area (Å²) in [4.78, 5) is 30.3. The Morgan fingerprint density at radius 1 is 1.26 bits per heavy atom. The molecule has 27 heavy (non-hydrogen) atoms. The zero-order valence-electron chi connectivity index (χ0n) is 15.0. The molecular weight excluding hydrogens is 386 g/mol. The molecule has 2 amide bonds. The molecule has 0 aliphatic heterocycles. The molecule has 0 spiro atoms. The first-order chi connectivity index (χ1) is 12.9. The van der Waals surface area contributed by atoms with Crippen LogP contribution in [0.25, 0.3) is 0 Å². The number of hydrogen-bond acceptors (Lipinski definition) is 5. The third-order valence-electron chi connectivity index (χ3n) is 4.12. The number of pyridine rings is 1. The van der Waals surface area contributed by atoms with Crippen molar-refractivity contribution in [3.05, 3.63) is 63.0 Å². The molecule has 3 aromatic heterocycles. The Labute approximate surface area is 165 Å². The molecular formula is C18H18ClN5O2S. The highest BCUT2D eigenvalue weighted by Crippen LogP contribution is 2.33. The van der Waals surface area contributed by atoms with E-state index in [-0.39, 0.29) is 16.6 Å². The summed E-state index contributed by atoms with van der Waals surface area (Å²) in [7, 11) is 1.63. The molecule has 140 valence electrons. The van der Waals surface area contributed by atoms with Gasteiger partial charge in [0.05, 0.1) is 16.8 Å². The minimum atomic E-state index is -0.414. The van der Waals surface area contributed by atoms with Gasteiger partial charge in [0.25, 0.3) is 11.8 Å². The number of hydrogen-bond donors (Lipinski definition) is 2. The van der Waals surface area contributed by atoms with E-state index in [4.69, 9.17) is 11.6 Å². The fraction of sp³-hybridized carbons (Fsp3) is 0.222. The fourth-order valence-corrected chi connectivity index (χ4v) is 3.90. The van der Waals surface area contributed by atoms with Crippen LogP contribution in [0.4, 0.5) is 5.00 Å². The SMILES string of the molecule is Cc1sc(NC(=O)c2c(Cl)cnn2C)c(C(=O)NCc2cccnc2)c1C. The molecule has 0 radical (unpaired) electrons. The Morgan fingerprint density at radius 3 is 2.67 bits per heavy atom. The molecule has 0 aliphatic carbocycles. The van der Waals surface area contributed by atoms with E-state index in [9.17, 15) is 9.59 Å². The number of carbonyl (C=O) groups is 2. The number of amides is 2. The van der Waals surface area contributed by atoms with Crippen LogP contribution in [0.2, 0.25) is 5.02 Å². The lowest BCUT2D eigenvalue weighted by atomic mass is 10.1. The average molecular weight is 404 g/mol. The smallest absolute Gasteiger partial charge is 0.276 e. The maximum absolute atomic E-state index is 12.8. The van der Waals surface area contributed by atoms with E-state index >= 15 is 0 Å². The molecule has 0 unspecified atom stereocenters. The minimum absolute atomic E-state index is 0.238. The molecule has 0 aliphatic rings. The summed E-state index contributed by atoms with van der Waals surface area (Å²) < 4.78 is 1.40. The Hall–Kier alpha value is -2.71. The summed E-state index contributed by atoms with van der Waals surface area (Å²) in [5.41, 5.74) is 2.41. The van der Waals surface area contributed by atoms with Crippen molar-refractivity contribution >= 4 is 39.8 Å². The lowest BCUT2D eigenvalue weighted by molar-refractivity contribution is 0.0951. The van der Waals surface area contributed by atoms with Crippen molar-refractivity contribution in [3.63, 3.8) is 0 Å². The zero-order valence-corrected chi connectivity index (χ0v) is 16.6. The molecule has 0 bridgehead atoms. The second-order valence-electron chi connectivity index (χ2n) is 5.95. The molecule has 0 saturated carbocycles. The van der Waals surface area contributed by atoms with Crippen LogP contribution in [0.15, 0.2) is 30.7 Å². The number of nitrogens with zero attached hydrogens (tertiary/aromatic N) is 3. The maximum Gasteiger partial charge on any atom is 0.276 e. The van der Waals surface area contributed by atoms with Crippen molar-refractivity contribution < 1.29 is 9.59 Å². The summed E-state index contributed by atoms with van der Waals surface area (Å²) in [6.45, 7) is 4.12. The van der Waals surface area contributed by atoms with Crippen LogP contribution < -0.4 is 10.6 Å². The molecule has 0 fully saturated rings. The first kappa shape index (κ1) is 19.1. The Kier molecular flexibility index (Phi) is 5.57. The van der Waals surface area contributed by atoms with Crippen molar-refractivity contribution in [3.8, 4) is 0 Å². The standard InChI is InChI=1S/C18H18ClN5O2S/c1-10-11(2)27-18(23-17(26)15-13(19)9-22-24(15)3)14(10)16(25)21-8-12-5-4-6-20-7-12/h4-7,9H,8H2,1-3H3,(H,21,25)(H,23,26). The molecule has 2 N–H and O–H groups in total. The van der Waals surface area contributed by atoms with Gasteiger partial charge in [0.1, 0.15) is 10.7 Å². The minimum Gasteiger partial charge on any atom is -0.348 e. The highest BCUT2D eigenvalue weighted by Gasteiger charge is 2.23. The van der Waals surface area contributed by atoms with E-state index in [1.54, 1.807) is 19.4 Å². The van der Waals surface area contributed by atoms with Gasteiger partial charge in [-0.25, -0.2) is 0 Å². The number of carbonyl (C=O) groups excluding carboxylic acids is 2. The molecule has 3 rings (SSSR count). The number of halogens is 1. The number of aromatic nitrogens is 3. The second kappa shape index (κ2) is 7.89. The van der Waals surface area contributed by atoms with Gasteiger partial charge in [-0.1, -0.05) is 17.7 Å². The van der Waals surface area contributed by atoms with Crippen LogP contribution in [0.3, 0.4) is 0 Å². The summed E-state index contributed by atoms with van der Waals surface area (Å²) in [6.07, 6.45) is 4.77. The predicted molar refractivity (Wildman–Crippen MR) is 105 cm³/mol. The van der Waals surface area contributed by atoms with Gasteiger partial charge in [-0.15, -0.1) is 11.3 Å². The quantitative estimate of drug-likeness (QED) is 0.683. The van der Waals surface area contributed by atoms with E-state index in [1.807, 2.05) is 26.0 Å². The predicted octanol–water partition coefficient (Wildman–Crippen LogP) is 3.33. The molecule has 0 aromatic carbocycles. The lowest BCUT2D eigenvalue weighted by Crippen LogP contribution is -2.25. The number of thiophene rings is 1. The van der Waals surface area contributed by atoms with E-state index in [2.05, 4.69) is 20.7 Å². The maximum atomic E-state index is 12.8. The van der Waals surface area contributed by atoms with Crippen LogP contribution in [0, 0.1) is 13.8 Å². The van der Waals surface area contributed by atoms with Gasteiger partial charge < -0.3 is 10.6 Å². The number of anilines is 1. The fourth-order valence-electron chi connectivity index (χ4n) is 2.59. The van der Waals surface area contributed by atoms with Crippen LogP contribution >= 0.6 is 22.9 Å². The topological polar surface area (TPSA) is 88.9 Å². The largest absolute Gasteiger partial charge is 0.348 e. The van der Waals surface area contributed by atoms with Crippen LogP contribution in [-0.2, 0) is 13.6 Å². The highest BCUT2D eigenvalue weighted by atomic mass is 35.5. The van der Waals surface area contributed by atoms with E-state index in [0.717, 1.165) is 16.0 Å². The second-order valence-corrected chi connectivity index (χ2v) is 7.58. The molecule has 3 heterocycles. The third-order valence-corrected chi connectivity index (χ3v) is 5.52. The Balaban J connectivity index is 1.82. The van der Waals surface area contributed by atoms with Gasteiger partial charge in [-0.05, 0) is 31.0 Å². The zero-order chi connectivity index (χ0) is 19.6. The highest BCUT2D eigenvalue weighted by molar-refractivity contribution is 7.16. The molecule has 7 nitrogen and oxygen atoms in total. The first-order valence-corrected chi connectivity index (χ1v) is 9.34. The monoisotopic (exact) mass is 403 g/mol. The third kappa shape index (κ3) is 4.01. The van der Waals surface area contributed by atoms with Crippen molar-refractivity contribution in [2.75, 3.05) is 5.32 Å². The van der Waals surface area contributed by atoms with Crippen LogP contribution in [-0.4, -0.2) is 26.6 Å². The summed E-state index contributed by atoms with van der Waals surface area (Å²) >= 11 is 7.39. The van der Waals surface area contributed by atoms with Gasteiger partial charge in [-0.3, -0.25) is 19.3 Å².